The first kappa shape index (κ1) is 28.0. The first-order valence-corrected chi connectivity index (χ1v) is 12.9. The summed E-state index contributed by atoms with van der Waals surface area (Å²) in [6.45, 7) is 3.17. The van der Waals surface area contributed by atoms with Gasteiger partial charge in [-0.3, -0.25) is 9.59 Å². The van der Waals surface area contributed by atoms with E-state index < -0.39 is 59.3 Å². The molecule has 214 valence electrons. The molecule has 0 radical (unpaired) electrons. The summed E-state index contributed by atoms with van der Waals surface area (Å²) < 4.78 is 17.3. The first-order valence-electron chi connectivity index (χ1n) is 12.9. The largest absolute Gasteiger partial charge is 0.507 e. The molecule has 6 unspecified atom stereocenters. The van der Waals surface area contributed by atoms with E-state index in [2.05, 4.69) is 5.16 Å². The minimum atomic E-state index is -1.73. The minimum Gasteiger partial charge on any atom is -0.507 e. The molecule has 2 aromatic rings. The second kappa shape index (κ2) is 10.1. The van der Waals surface area contributed by atoms with E-state index in [0.717, 1.165) is 0 Å². The SMILES string of the molecule is CON=C(C)C1(O)Cc2c(O)c3c(c(O)c2C(OC2CC(N)C(O)C(C)O2)C1)C(=O)c1c(OC)cccc1C3=O. The molecule has 0 aromatic heterocycles. The quantitative estimate of drug-likeness (QED) is 0.174. The van der Waals surface area contributed by atoms with Gasteiger partial charge in [-0.15, -0.1) is 0 Å². The highest BCUT2D eigenvalue weighted by Gasteiger charge is 2.49. The summed E-state index contributed by atoms with van der Waals surface area (Å²) in [6, 6.07) is 3.84. The van der Waals surface area contributed by atoms with Gasteiger partial charge < -0.3 is 45.2 Å². The van der Waals surface area contributed by atoms with Crippen LogP contribution < -0.4 is 10.5 Å². The number of nitrogens with two attached hydrogens (primary N) is 1. The van der Waals surface area contributed by atoms with Crippen LogP contribution in [0.3, 0.4) is 0 Å². The number of ketones is 2. The molecule has 6 atom stereocenters. The van der Waals surface area contributed by atoms with Crippen molar-refractivity contribution in [1.29, 1.82) is 0 Å². The molecule has 0 spiro atoms. The summed E-state index contributed by atoms with van der Waals surface area (Å²) in [5.74, 6) is -2.36. The Morgan fingerprint density at radius 3 is 2.48 bits per heavy atom. The molecule has 5 rings (SSSR count). The van der Waals surface area contributed by atoms with Gasteiger partial charge in [0.05, 0.1) is 47.8 Å². The molecule has 40 heavy (non-hydrogen) atoms. The van der Waals surface area contributed by atoms with Gasteiger partial charge in [0, 0.05) is 42.0 Å². The molecule has 0 amide bonds. The van der Waals surface area contributed by atoms with Crippen LogP contribution in [-0.4, -0.2) is 82.1 Å². The van der Waals surface area contributed by atoms with Crippen LogP contribution in [0.1, 0.15) is 75.8 Å². The highest BCUT2D eigenvalue weighted by atomic mass is 16.7. The number of carbonyl (C=O) groups excluding carboxylic acids is 2. The van der Waals surface area contributed by atoms with Crippen molar-refractivity contribution in [3.05, 3.63) is 51.6 Å². The third-order valence-electron chi connectivity index (χ3n) is 8.04. The number of oxime groups is 1. The van der Waals surface area contributed by atoms with E-state index >= 15 is 0 Å². The zero-order valence-electron chi connectivity index (χ0n) is 22.5. The molecular formula is C28H32N2O10. The van der Waals surface area contributed by atoms with Crippen molar-refractivity contribution in [2.75, 3.05) is 14.2 Å². The number of hydrogen-bond acceptors (Lipinski definition) is 12. The molecule has 1 aliphatic heterocycles. The molecule has 12 nitrogen and oxygen atoms in total. The van der Waals surface area contributed by atoms with E-state index in [0.29, 0.717) is 0 Å². The van der Waals surface area contributed by atoms with E-state index in [9.17, 15) is 30.0 Å². The van der Waals surface area contributed by atoms with E-state index in [-0.39, 0.29) is 64.1 Å². The molecule has 1 heterocycles. The highest BCUT2D eigenvalue weighted by molar-refractivity contribution is 6.31. The number of aromatic hydroxyl groups is 2. The van der Waals surface area contributed by atoms with Gasteiger partial charge in [-0.05, 0) is 19.9 Å². The van der Waals surface area contributed by atoms with E-state index in [4.69, 9.17) is 24.8 Å². The lowest BCUT2D eigenvalue weighted by Crippen LogP contribution is -2.52. The van der Waals surface area contributed by atoms with Gasteiger partial charge in [-0.2, -0.15) is 0 Å². The maximum absolute atomic E-state index is 13.7. The van der Waals surface area contributed by atoms with Crippen molar-refractivity contribution < 1.29 is 49.1 Å². The molecular weight excluding hydrogens is 524 g/mol. The van der Waals surface area contributed by atoms with Crippen LogP contribution in [0.25, 0.3) is 0 Å². The number of aliphatic hydroxyl groups excluding tert-OH is 1. The lowest BCUT2D eigenvalue weighted by atomic mass is 9.72. The Hall–Kier alpha value is -3.55. The number of phenols is 2. The number of methoxy groups -OCH3 is 1. The lowest BCUT2D eigenvalue weighted by Gasteiger charge is -2.42. The van der Waals surface area contributed by atoms with Crippen molar-refractivity contribution in [3.63, 3.8) is 0 Å². The van der Waals surface area contributed by atoms with E-state index in [1.807, 2.05) is 0 Å². The average molecular weight is 557 g/mol. The van der Waals surface area contributed by atoms with Crippen LogP contribution in [0, 0.1) is 0 Å². The van der Waals surface area contributed by atoms with Crippen LogP contribution in [-0.2, 0) is 20.7 Å². The van der Waals surface area contributed by atoms with E-state index in [1.165, 1.54) is 33.3 Å². The van der Waals surface area contributed by atoms with Gasteiger partial charge in [0.25, 0.3) is 0 Å². The zero-order chi connectivity index (χ0) is 29.1. The van der Waals surface area contributed by atoms with Crippen LogP contribution in [0.5, 0.6) is 17.2 Å². The Morgan fingerprint density at radius 1 is 1.12 bits per heavy atom. The molecule has 2 aromatic carbocycles. The topological polar surface area (TPSA) is 190 Å². The number of rotatable bonds is 5. The number of nitrogens with zero attached hydrogens (tertiary/aromatic N) is 1. The number of fused-ring (bicyclic) bond motifs is 3. The standard InChI is InChI=1S/C28H32N2O10/c1-11-23(31)15(29)8-18(39-11)40-17-10-28(36,12(2)30-38-4)9-14-20(17)27(35)22-21(25(14)33)24(32)13-6-5-7-16(37-3)19(13)26(22)34/h5-7,11,15,17-18,23,31,33,35-36H,8-10,29H2,1-4H3. The predicted molar refractivity (Wildman–Crippen MR) is 140 cm³/mol. The first-order chi connectivity index (χ1) is 18.9. The summed E-state index contributed by atoms with van der Waals surface area (Å²) in [6.07, 6.45) is -4.02. The van der Waals surface area contributed by atoms with Crippen LogP contribution >= 0.6 is 0 Å². The Morgan fingerprint density at radius 2 is 1.82 bits per heavy atom. The van der Waals surface area contributed by atoms with Crippen LogP contribution in [0.15, 0.2) is 23.4 Å². The summed E-state index contributed by atoms with van der Waals surface area (Å²) >= 11 is 0. The van der Waals surface area contributed by atoms with Gasteiger partial charge in [-0.25, -0.2) is 0 Å². The number of hydrogen-bond donors (Lipinski definition) is 5. The molecule has 6 N–H and O–H groups in total. The van der Waals surface area contributed by atoms with E-state index in [1.54, 1.807) is 13.0 Å². The third kappa shape index (κ3) is 4.23. The smallest absolute Gasteiger partial charge is 0.202 e. The Balaban J connectivity index is 1.69. The molecule has 0 saturated carbocycles. The van der Waals surface area contributed by atoms with Gasteiger partial charge in [0.2, 0.25) is 5.78 Å². The maximum Gasteiger partial charge on any atom is 0.202 e. The molecule has 1 saturated heterocycles. The fraction of sp³-hybridized carbons (Fsp3) is 0.464. The Kier molecular flexibility index (Phi) is 7.09. The highest BCUT2D eigenvalue weighted by Crippen LogP contribution is 2.52. The van der Waals surface area contributed by atoms with Crippen LogP contribution in [0.2, 0.25) is 0 Å². The number of ether oxygens (including phenoxy) is 3. The van der Waals surface area contributed by atoms with Crippen molar-refractivity contribution in [1.82, 2.24) is 0 Å². The molecule has 3 aliphatic rings. The van der Waals surface area contributed by atoms with Crippen molar-refractivity contribution in [2.24, 2.45) is 10.9 Å². The number of aliphatic hydroxyl groups is 2. The lowest BCUT2D eigenvalue weighted by molar-refractivity contribution is -0.245. The van der Waals surface area contributed by atoms with Crippen molar-refractivity contribution >= 4 is 17.3 Å². The number of phenolic OH excluding ortho intramolecular Hbond substituents is 2. The fourth-order valence-corrected chi connectivity index (χ4v) is 5.89. The second-order valence-electron chi connectivity index (χ2n) is 10.4. The molecule has 0 bridgehead atoms. The Bertz CT molecular complexity index is 1410. The second-order valence-corrected chi connectivity index (χ2v) is 10.4. The monoisotopic (exact) mass is 556 g/mol. The zero-order valence-corrected chi connectivity index (χ0v) is 22.5. The van der Waals surface area contributed by atoms with Crippen LogP contribution in [0.4, 0.5) is 0 Å². The minimum absolute atomic E-state index is 0.0136. The summed E-state index contributed by atoms with van der Waals surface area (Å²) in [4.78, 5) is 32.2. The summed E-state index contributed by atoms with van der Waals surface area (Å²) in [7, 11) is 2.67. The average Bonchev–Trinajstić information content (AvgIpc) is 2.91. The normalized spacial score (nSPS) is 29.9. The number of carbonyl (C=O) groups is 2. The van der Waals surface area contributed by atoms with Gasteiger partial charge in [0.15, 0.2) is 12.1 Å². The molecule has 1 fully saturated rings. The fourth-order valence-electron chi connectivity index (χ4n) is 5.89. The maximum atomic E-state index is 13.7. The van der Waals surface area contributed by atoms with Gasteiger partial charge in [-0.1, -0.05) is 17.3 Å². The van der Waals surface area contributed by atoms with Gasteiger partial charge in [0.1, 0.15) is 30.0 Å². The third-order valence-corrected chi connectivity index (χ3v) is 8.04. The summed E-state index contributed by atoms with van der Waals surface area (Å²) in [5.41, 5.74) is 3.77. The summed E-state index contributed by atoms with van der Waals surface area (Å²) in [5, 5.41) is 48.8. The Labute approximate surface area is 229 Å². The van der Waals surface area contributed by atoms with Crippen molar-refractivity contribution in [3.8, 4) is 17.2 Å². The number of benzene rings is 2. The molecule has 12 heteroatoms. The van der Waals surface area contributed by atoms with Gasteiger partial charge >= 0.3 is 0 Å². The molecule has 2 aliphatic carbocycles. The predicted octanol–water partition coefficient (Wildman–Crippen LogP) is 1.46. The van der Waals surface area contributed by atoms with Crippen molar-refractivity contribution in [2.45, 2.75) is 69.4 Å².